The van der Waals surface area contributed by atoms with Gasteiger partial charge in [-0.15, -0.1) is 0 Å². The van der Waals surface area contributed by atoms with Gasteiger partial charge in [-0.1, -0.05) is 12.1 Å². The Morgan fingerprint density at radius 2 is 1.70 bits per heavy atom. The number of non-ortho nitro benzene ring substituents is 2. The predicted octanol–water partition coefficient (Wildman–Crippen LogP) is 3.85. The number of nitrogens with one attached hydrogen (secondary N) is 1. The maximum atomic E-state index is 12.3. The number of carbonyl (C=O) groups is 1. The molecule has 0 fully saturated rings. The fourth-order valence-electron chi connectivity index (χ4n) is 2.80. The van der Waals surface area contributed by atoms with Gasteiger partial charge in [-0.3, -0.25) is 25.0 Å². The molecule has 0 saturated carbocycles. The molecule has 0 radical (unpaired) electrons. The van der Waals surface area contributed by atoms with Crippen LogP contribution >= 0.6 is 0 Å². The number of nitro groups is 2. The van der Waals surface area contributed by atoms with Crippen LogP contribution in [0.4, 0.5) is 11.4 Å². The number of amides is 1. The van der Waals surface area contributed by atoms with Gasteiger partial charge in [0, 0.05) is 35.4 Å². The molecule has 1 amide bonds. The van der Waals surface area contributed by atoms with Gasteiger partial charge in [0.15, 0.2) is 11.5 Å². The highest BCUT2D eigenvalue weighted by Gasteiger charge is 2.13. The minimum Gasteiger partial charge on any atom is -0.493 e. The summed E-state index contributed by atoms with van der Waals surface area (Å²) in [4.78, 5) is 32.8. The Morgan fingerprint density at radius 3 is 2.36 bits per heavy atom. The van der Waals surface area contributed by atoms with Crippen LogP contribution in [0.5, 0.6) is 11.5 Å². The normalized spacial score (nSPS) is 10.6. The number of benzene rings is 3. The Kier molecular flexibility index (Phi) is 7.27. The van der Waals surface area contributed by atoms with Crippen LogP contribution in [0.15, 0.2) is 71.8 Å². The molecule has 3 aromatic rings. The summed E-state index contributed by atoms with van der Waals surface area (Å²) < 4.78 is 11.2. The van der Waals surface area contributed by atoms with Gasteiger partial charge in [0.05, 0.1) is 23.2 Å². The zero-order valence-electron chi connectivity index (χ0n) is 17.3. The van der Waals surface area contributed by atoms with Crippen molar-refractivity contribution >= 4 is 23.5 Å². The summed E-state index contributed by atoms with van der Waals surface area (Å²) in [5.41, 5.74) is 3.37. The first kappa shape index (κ1) is 22.9. The zero-order valence-corrected chi connectivity index (χ0v) is 17.3. The molecule has 3 aromatic carbocycles. The lowest BCUT2D eigenvalue weighted by molar-refractivity contribution is -0.385. The van der Waals surface area contributed by atoms with E-state index in [1.807, 2.05) is 0 Å². The summed E-state index contributed by atoms with van der Waals surface area (Å²) in [6, 6.07) is 16.3. The van der Waals surface area contributed by atoms with Crippen LogP contribution in [0.3, 0.4) is 0 Å². The molecular formula is C22H18N4O7. The molecule has 1 N–H and O–H groups in total. The number of rotatable bonds is 9. The molecule has 0 bridgehead atoms. The summed E-state index contributed by atoms with van der Waals surface area (Å²) in [7, 11) is 1.47. The monoisotopic (exact) mass is 450 g/mol. The lowest BCUT2D eigenvalue weighted by Crippen LogP contribution is -2.17. The van der Waals surface area contributed by atoms with Crippen molar-refractivity contribution < 1.29 is 24.1 Å². The van der Waals surface area contributed by atoms with Crippen molar-refractivity contribution in [1.82, 2.24) is 5.43 Å². The average molecular weight is 450 g/mol. The number of hydrogen-bond acceptors (Lipinski definition) is 8. The Labute approximate surface area is 187 Å². The van der Waals surface area contributed by atoms with E-state index in [1.54, 1.807) is 30.3 Å². The van der Waals surface area contributed by atoms with Crippen LogP contribution < -0.4 is 14.9 Å². The Balaban J connectivity index is 1.73. The van der Waals surface area contributed by atoms with E-state index in [0.717, 1.165) is 6.07 Å². The second-order valence-electron chi connectivity index (χ2n) is 6.60. The van der Waals surface area contributed by atoms with E-state index in [-0.39, 0.29) is 23.5 Å². The summed E-state index contributed by atoms with van der Waals surface area (Å²) in [5, 5.41) is 25.6. The van der Waals surface area contributed by atoms with Crippen LogP contribution in [0, 0.1) is 20.2 Å². The zero-order chi connectivity index (χ0) is 23.8. The number of hydrazone groups is 1. The van der Waals surface area contributed by atoms with Crippen molar-refractivity contribution in [2.45, 2.75) is 6.61 Å². The van der Waals surface area contributed by atoms with Crippen LogP contribution in [-0.2, 0) is 6.61 Å². The topological polar surface area (TPSA) is 146 Å². The van der Waals surface area contributed by atoms with Gasteiger partial charge < -0.3 is 9.47 Å². The Hall–Kier alpha value is -4.80. The van der Waals surface area contributed by atoms with E-state index in [9.17, 15) is 25.0 Å². The highest BCUT2D eigenvalue weighted by Crippen LogP contribution is 2.31. The minimum absolute atomic E-state index is 0.0247. The first-order valence-corrected chi connectivity index (χ1v) is 9.50. The van der Waals surface area contributed by atoms with E-state index >= 15 is 0 Å². The molecule has 0 aromatic heterocycles. The number of carbonyl (C=O) groups excluding carboxylic acids is 1. The first-order chi connectivity index (χ1) is 15.9. The molecule has 0 saturated heterocycles. The molecule has 0 unspecified atom stereocenters. The molecule has 0 aliphatic rings. The maximum absolute atomic E-state index is 12.3. The highest BCUT2D eigenvalue weighted by atomic mass is 16.6. The van der Waals surface area contributed by atoms with Gasteiger partial charge in [-0.2, -0.15) is 5.10 Å². The molecule has 3 rings (SSSR count). The van der Waals surface area contributed by atoms with E-state index in [4.69, 9.17) is 9.47 Å². The third kappa shape index (κ3) is 5.88. The van der Waals surface area contributed by atoms with E-state index in [2.05, 4.69) is 10.5 Å². The van der Waals surface area contributed by atoms with Crippen LogP contribution in [-0.4, -0.2) is 29.1 Å². The van der Waals surface area contributed by atoms with Gasteiger partial charge >= 0.3 is 0 Å². The maximum Gasteiger partial charge on any atom is 0.271 e. The van der Waals surface area contributed by atoms with Gasteiger partial charge in [0.2, 0.25) is 0 Å². The molecule has 0 aliphatic carbocycles. The fraction of sp³-hybridized carbons (Fsp3) is 0.0909. The SMILES string of the molecule is COc1cccc(/C=N/NC(=O)c2cccc([N+](=O)[O-])c2)c1OCc1ccc([N+](=O)[O-])cc1. The highest BCUT2D eigenvalue weighted by molar-refractivity contribution is 5.95. The largest absolute Gasteiger partial charge is 0.493 e. The molecule has 11 heteroatoms. The summed E-state index contributed by atoms with van der Waals surface area (Å²) in [5.74, 6) is 0.156. The van der Waals surface area contributed by atoms with Gasteiger partial charge in [0.25, 0.3) is 17.3 Å². The van der Waals surface area contributed by atoms with Gasteiger partial charge in [-0.25, -0.2) is 5.43 Å². The molecule has 0 atom stereocenters. The quantitative estimate of drug-likeness (QED) is 0.296. The van der Waals surface area contributed by atoms with Crippen molar-refractivity contribution in [3.63, 3.8) is 0 Å². The van der Waals surface area contributed by atoms with E-state index in [0.29, 0.717) is 22.6 Å². The molecule has 11 nitrogen and oxygen atoms in total. The Bertz CT molecular complexity index is 1210. The number of ether oxygens (including phenoxy) is 2. The third-order valence-electron chi connectivity index (χ3n) is 4.45. The first-order valence-electron chi connectivity index (χ1n) is 9.50. The van der Waals surface area contributed by atoms with Crippen molar-refractivity contribution in [3.05, 3.63) is 104 Å². The van der Waals surface area contributed by atoms with Crippen molar-refractivity contribution in [2.24, 2.45) is 5.10 Å². The summed E-state index contributed by atoms with van der Waals surface area (Å²) in [6.45, 7) is 0.110. The van der Waals surface area contributed by atoms with Crippen LogP contribution in [0.25, 0.3) is 0 Å². The third-order valence-corrected chi connectivity index (χ3v) is 4.45. The summed E-state index contributed by atoms with van der Waals surface area (Å²) in [6.07, 6.45) is 1.35. The smallest absolute Gasteiger partial charge is 0.271 e. The number of methoxy groups -OCH3 is 1. The summed E-state index contributed by atoms with van der Waals surface area (Å²) >= 11 is 0. The predicted molar refractivity (Wildman–Crippen MR) is 119 cm³/mol. The van der Waals surface area contributed by atoms with Gasteiger partial charge in [0.1, 0.15) is 6.61 Å². The number of hydrogen-bond donors (Lipinski definition) is 1. The van der Waals surface area contributed by atoms with Crippen molar-refractivity contribution in [1.29, 1.82) is 0 Å². The number of nitro benzene ring substituents is 2. The minimum atomic E-state index is -0.619. The molecule has 33 heavy (non-hydrogen) atoms. The van der Waals surface area contributed by atoms with Crippen molar-refractivity contribution in [2.75, 3.05) is 7.11 Å². The lowest BCUT2D eigenvalue weighted by Gasteiger charge is -2.13. The molecular weight excluding hydrogens is 432 g/mol. The van der Waals surface area contributed by atoms with Gasteiger partial charge in [-0.05, 0) is 35.9 Å². The van der Waals surface area contributed by atoms with Crippen LogP contribution in [0.2, 0.25) is 0 Å². The van der Waals surface area contributed by atoms with E-state index < -0.39 is 15.8 Å². The van der Waals surface area contributed by atoms with Crippen LogP contribution in [0.1, 0.15) is 21.5 Å². The number of para-hydroxylation sites is 1. The second-order valence-corrected chi connectivity index (χ2v) is 6.60. The van der Waals surface area contributed by atoms with E-state index in [1.165, 1.54) is 43.7 Å². The molecule has 0 heterocycles. The average Bonchev–Trinajstić information content (AvgIpc) is 2.83. The standard InChI is InChI=1S/C22H18N4O7/c1-32-20-7-3-5-17(21(20)33-14-15-8-10-18(11-9-15)25(28)29)13-23-24-22(27)16-4-2-6-19(12-16)26(30)31/h2-13H,14H2,1H3,(H,24,27)/b23-13+. The molecule has 0 aliphatic heterocycles. The second kappa shape index (κ2) is 10.5. The lowest BCUT2D eigenvalue weighted by atomic mass is 10.2. The fourth-order valence-corrected chi connectivity index (χ4v) is 2.80. The molecule has 0 spiro atoms. The Morgan fingerprint density at radius 1 is 1.00 bits per heavy atom. The van der Waals surface area contributed by atoms with Crippen molar-refractivity contribution in [3.8, 4) is 11.5 Å². The molecule has 168 valence electrons. The number of nitrogens with zero attached hydrogens (tertiary/aromatic N) is 3.